The molecule has 4 atom stereocenters. The number of benzene rings is 1. The van der Waals surface area contributed by atoms with Gasteiger partial charge in [0.05, 0.1) is 25.2 Å². The SMILES string of the molecule is CCOC(=O)[C@@H]1[C@@H](c2ccccc2)[C@@H]1C(CO)NC(=O)OC(C)(C)C. The molecule has 0 aliphatic heterocycles. The quantitative estimate of drug-likeness (QED) is 0.771. The number of ether oxygens (including phenoxy) is 2. The first-order chi connectivity index (χ1) is 11.8. The standard InChI is InChI=1S/C19H27NO5/c1-5-24-17(22)16-14(12-9-7-6-8-10-12)15(16)13(11-21)20-18(23)25-19(2,3)4/h6-10,13-16,21H,5,11H2,1-4H3,(H,20,23)/t13?,14-,15-,16+/m0/s1. The highest BCUT2D eigenvalue weighted by molar-refractivity contribution is 5.79. The van der Waals surface area contributed by atoms with Crippen LogP contribution in [0.3, 0.4) is 0 Å². The van der Waals surface area contributed by atoms with Crippen molar-refractivity contribution in [3.8, 4) is 0 Å². The number of aliphatic hydroxyl groups is 1. The Hall–Kier alpha value is -2.08. The Kier molecular flexibility index (Phi) is 6.06. The Bertz CT molecular complexity index is 596. The molecule has 2 rings (SSSR count). The molecule has 138 valence electrons. The Labute approximate surface area is 148 Å². The zero-order valence-electron chi connectivity index (χ0n) is 15.2. The van der Waals surface area contributed by atoms with E-state index in [4.69, 9.17) is 9.47 Å². The van der Waals surface area contributed by atoms with Crippen LogP contribution >= 0.6 is 0 Å². The van der Waals surface area contributed by atoms with Gasteiger partial charge < -0.3 is 19.9 Å². The number of rotatable bonds is 6. The van der Waals surface area contributed by atoms with Crippen molar-refractivity contribution in [2.24, 2.45) is 11.8 Å². The maximum absolute atomic E-state index is 12.3. The van der Waals surface area contributed by atoms with Gasteiger partial charge in [-0.1, -0.05) is 30.3 Å². The predicted molar refractivity (Wildman–Crippen MR) is 93.0 cm³/mol. The van der Waals surface area contributed by atoms with E-state index in [-0.39, 0.29) is 30.3 Å². The Morgan fingerprint density at radius 1 is 1.24 bits per heavy atom. The summed E-state index contributed by atoms with van der Waals surface area (Å²) in [6.45, 7) is 7.09. The average Bonchev–Trinajstić information content (AvgIpc) is 3.27. The van der Waals surface area contributed by atoms with Crippen LogP contribution in [0.1, 0.15) is 39.2 Å². The van der Waals surface area contributed by atoms with Gasteiger partial charge in [-0.2, -0.15) is 0 Å². The lowest BCUT2D eigenvalue weighted by atomic mass is 10.1. The van der Waals surface area contributed by atoms with Gasteiger partial charge in [-0.25, -0.2) is 4.79 Å². The van der Waals surface area contributed by atoms with Gasteiger partial charge in [-0.3, -0.25) is 4.79 Å². The summed E-state index contributed by atoms with van der Waals surface area (Å²) < 4.78 is 10.4. The van der Waals surface area contributed by atoms with Crippen molar-refractivity contribution in [3.63, 3.8) is 0 Å². The molecule has 6 heteroatoms. The van der Waals surface area contributed by atoms with Gasteiger partial charge in [-0.15, -0.1) is 0 Å². The van der Waals surface area contributed by atoms with Crippen molar-refractivity contribution in [2.75, 3.05) is 13.2 Å². The van der Waals surface area contributed by atoms with E-state index in [2.05, 4.69) is 5.32 Å². The average molecular weight is 349 g/mol. The molecule has 1 aliphatic carbocycles. The van der Waals surface area contributed by atoms with E-state index < -0.39 is 17.7 Å². The monoisotopic (exact) mass is 349 g/mol. The van der Waals surface area contributed by atoms with Crippen molar-refractivity contribution in [1.82, 2.24) is 5.32 Å². The first kappa shape index (κ1) is 19.2. The minimum atomic E-state index is -0.632. The van der Waals surface area contributed by atoms with Gasteiger partial charge in [0.2, 0.25) is 0 Å². The van der Waals surface area contributed by atoms with Gasteiger partial charge >= 0.3 is 12.1 Å². The maximum Gasteiger partial charge on any atom is 0.407 e. The van der Waals surface area contributed by atoms with Crippen LogP contribution in [0.5, 0.6) is 0 Å². The van der Waals surface area contributed by atoms with Crippen molar-refractivity contribution in [2.45, 2.75) is 45.3 Å². The molecular formula is C19H27NO5. The van der Waals surface area contributed by atoms with E-state index in [0.717, 1.165) is 5.56 Å². The maximum atomic E-state index is 12.3. The second-order valence-electron chi connectivity index (χ2n) is 7.23. The molecule has 1 amide bonds. The predicted octanol–water partition coefficient (Wildman–Crippen LogP) is 2.46. The van der Waals surface area contributed by atoms with Crippen molar-refractivity contribution < 1.29 is 24.2 Å². The van der Waals surface area contributed by atoms with Gasteiger partial charge in [-0.05, 0) is 33.3 Å². The molecule has 1 saturated carbocycles. The van der Waals surface area contributed by atoms with E-state index >= 15 is 0 Å². The van der Waals surface area contributed by atoms with Crippen molar-refractivity contribution in [3.05, 3.63) is 35.9 Å². The first-order valence-electron chi connectivity index (χ1n) is 8.60. The highest BCUT2D eigenvalue weighted by Crippen LogP contribution is 2.56. The molecule has 0 spiro atoms. The fourth-order valence-electron chi connectivity index (χ4n) is 3.20. The molecule has 0 aromatic heterocycles. The fourth-order valence-corrected chi connectivity index (χ4v) is 3.20. The minimum Gasteiger partial charge on any atom is -0.466 e. The molecule has 1 aliphatic rings. The van der Waals surface area contributed by atoms with Gasteiger partial charge in [0.25, 0.3) is 0 Å². The number of esters is 1. The lowest BCUT2D eigenvalue weighted by Gasteiger charge is -2.23. The first-order valence-corrected chi connectivity index (χ1v) is 8.60. The Morgan fingerprint density at radius 3 is 2.40 bits per heavy atom. The largest absolute Gasteiger partial charge is 0.466 e. The van der Waals surface area contributed by atoms with Crippen LogP contribution in [0.25, 0.3) is 0 Å². The Morgan fingerprint density at radius 2 is 1.88 bits per heavy atom. The second-order valence-corrected chi connectivity index (χ2v) is 7.23. The van der Waals surface area contributed by atoms with Crippen LogP contribution < -0.4 is 5.32 Å². The van der Waals surface area contributed by atoms with E-state index in [1.54, 1.807) is 27.7 Å². The summed E-state index contributed by atoms with van der Waals surface area (Å²) in [4.78, 5) is 24.3. The van der Waals surface area contributed by atoms with Crippen LogP contribution in [-0.4, -0.2) is 42.0 Å². The zero-order chi connectivity index (χ0) is 18.6. The summed E-state index contributed by atoms with van der Waals surface area (Å²) in [5.74, 6) is -0.994. The molecule has 0 saturated heterocycles. The van der Waals surface area contributed by atoms with Crippen molar-refractivity contribution in [1.29, 1.82) is 0 Å². The van der Waals surface area contributed by atoms with E-state index in [9.17, 15) is 14.7 Å². The third-order valence-electron chi connectivity index (χ3n) is 4.18. The second kappa shape index (κ2) is 7.87. The summed E-state index contributed by atoms with van der Waals surface area (Å²) in [5.41, 5.74) is 0.363. The molecule has 1 aromatic carbocycles. The summed E-state index contributed by atoms with van der Waals surface area (Å²) >= 11 is 0. The lowest BCUT2D eigenvalue weighted by Crippen LogP contribution is -2.43. The third kappa shape index (κ3) is 4.95. The highest BCUT2D eigenvalue weighted by Gasteiger charge is 2.59. The molecule has 0 radical (unpaired) electrons. The molecule has 25 heavy (non-hydrogen) atoms. The number of hydrogen-bond acceptors (Lipinski definition) is 5. The van der Waals surface area contributed by atoms with Crippen LogP contribution in [-0.2, 0) is 14.3 Å². The number of aliphatic hydroxyl groups excluding tert-OH is 1. The summed E-state index contributed by atoms with van der Waals surface area (Å²) in [6.07, 6.45) is -0.604. The smallest absolute Gasteiger partial charge is 0.407 e. The van der Waals surface area contributed by atoms with Gasteiger partial charge in [0.15, 0.2) is 0 Å². The van der Waals surface area contributed by atoms with E-state index in [1.165, 1.54) is 0 Å². The minimum absolute atomic E-state index is 0.0904. The molecule has 0 bridgehead atoms. The molecule has 1 fully saturated rings. The Balaban J connectivity index is 2.14. The van der Waals surface area contributed by atoms with Crippen LogP contribution in [0.2, 0.25) is 0 Å². The molecule has 0 heterocycles. The summed E-state index contributed by atoms with van der Waals surface area (Å²) in [5, 5.41) is 12.4. The van der Waals surface area contributed by atoms with Gasteiger partial charge in [0, 0.05) is 11.8 Å². The number of carbonyl (C=O) groups is 2. The molecule has 1 unspecified atom stereocenters. The topological polar surface area (TPSA) is 84.9 Å². The summed E-state index contributed by atoms with van der Waals surface area (Å²) in [6, 6.07) is 9.03. The zero-order valence-corrected chi connectivity index (χ0v) is 15.2. The number of hydrogen-bond donors (Lipinski definition) is 2. The van der Waals surface area contributed by atoms with Crippen LogP contribution in [0.4, 0.5) is 4.79 Å². The van der Waals surface area contributed by atoms with E-state index in [1.807, 2.05) is 30.3 Å². The third-order valence-corrected chi connectivity index (χ3v) is 4.18. The summed E-state index contributed by atoms with van der Waals surface area (Å²) in [7, 11) is 0. The highest BCUT2D eigenvalue weighted by atomic mass is 16.6. The molecule has 1 aromatic rings. The number of carbonyl (C=O) groups excluding carboxylic acids is 2. The number of amides is 1. The molecular weight excluding hydrogens is 322 g/mol. The van der Waals surface area contributed by atoms with Crippen LogP contribution in [0, 0.1) is 11.8 Å². The van der Waals surface area contributed by atoms with Crippen molar-refractivity contribution >= 4 is 12.1 Å². The molecule has 6 nitrogen and oxygen atoms in total. The van der Waals surface area contributed by atoms with Gasteiger partial charge in [0.1, 0.15) is 5.60 Å². The van der Waals surface area contributed by atoms with E-state index in [0.29, 0.717) is 6.61 Å². The normalized spacial score (nSPS) is 23.5. The lowest BCUT2D eigenvalue weighted by molar-refractivity contribution is -0.145. The number of nitrogens with one attached hydrogen (secondary N) is 1. The molecule has 2 N–H and O–H groups in total. The van der Waals surface area contributed by atoms with Crippen LogP contribution in [0.15, 0.2) is 30.3 Å². The fraction of sp³-hybridized carbons (Fsp3) is 0.579. The number of alkyl carbamates (subject to hydrolysis) is 1.